The van der Waals surface area contributed by atoms with Gasteiger partial charge in [0.25, 0.3) is 0 Å². The van der Waals surface area contributed by atoms with Crippen molar-refractivity contribution in [2.45, 2.75) is 46.3 Å². The Morgan fingerprint density at radius 2 is 2.17 bits per heavy atom. The summed E-state index contributed by atoms with van der Waals surface area (Å²) in [4.78, 5) is 0. The van der Waals surface area contributed by atoms with E-state index in [1.165, 1.54) is 0 Å². The van der Waals surface area contributed by atoms with E-state index in [1.54, 1.807) is 0 Å². The third-order valence-corrected chi connectivity index (χ3v) is 2.74. The van der Waals surface area contributed by atoms with Crippen LogP contribution in [0.1, 0.15) is 37.4 Å². The molecule has 0 saturated heterocycles. The molecule has 0 amide bonds. The molecule has 0 aliphatic heterocycles. The third kappa shape index (κ3) is 3.43. The summed E-state index contributed by atoms with van der Waals surface area (Å²) < 4.78 is 7.16. The van der Waals surface area contributed by atoms with E-state index in [4.69, 9.17) is 4.52 Å². The molecule has 0 unspecified atom stereocenters. The van der Waals surface area contributed by atoms with Gasteiger partial charge in [-0.1, -0.05) is 18.5 Å². The van der Waals surface area contributed by atoms with Crippen LogP contribution in [0, 0.1) is 0 Å². The lowest BCUT2D eigenvalue weighted by atomic mass is 10.2. The summed E-state index contributed by atoms with van der Waals surface area (Å²) in [5.41, 5.74) is 2.08. The standard InChI is InChI=1S/C13H20N4O/c1-3-5-11-8-13(18-16-11)10-14-9-12-6-7-17(4-2)15-12/h6-8,14H,3-5,9-10H2,1-2H3. The number of aromatic nitrogens is 3. The van der Waals surface area contributed by atoms with Gasteiger partial charge < -0.3 is 9.84 Å². The first-order valence-electron chi connectivity index (χ1n) is 6.49. The molecule has 2 heterocycles. The molecule has 0 fully saturated rings. The Morgan fingerprint density at radius 3 is 2.89 bits per heavy atom. The quantitative estimate of drug-likeness (QED) is 0.815. The number of nitrogens with zero attached hydrogens (tertiary/aromatic N) is 3. The molecule has 2 rings (SSSR count). The van der Waals surface area contributed by atoms with Gasteiger partial charge in [-0.25, -0.2) is 0 Å². The Labute approximate surface area is 107 Å². The highest BCUT2D eigenvalue weighted by atomic mass is 16.5. The summed E-state index contributed by atoms with van der Waals surface area (Å²) in [7, 11) is 0. The fraction of sp³-hybridized carbons (Fsp3) is 0.538. The summed E-state index contributed by atoms with van der Waals surface area (Å²) >= 11 is 0. The zero-order chi connectivity index (χ0) is 12.8. The molecular weight excluding hydrogens is 228 g/mol. The zero-order valence-corrected chi connectivity index (χ0v) is 11.0. The molecule has 0 radical (unpaired) electrons. The number of nitrogens with one attached hydrogen (secondary N) is 1. The van der Waals surface area contributed by atoms with Gasteiger partial charge in [-0.3, -0.25) is 4.68 Å². The molecule has 18 heavy (non-hydrogen) atoms. The number of aryl methyl sites for hydroxylation is 2. The van der Waals surface area contributed by atoms with E-state index in [0.717, 1.165) is 43.1 Å². The monoisotopic (exact) mass is 248 g/mol. The SMILES string of the molecule is CCCc1cc(CNCc2ccn(CC)n2)on1. The fourth-order valence-electron chi connectivity index (χ4n) is 1.80. The summed E-state index contributed by atoms with van der Waals surface area (Å²) in [5.74, 6) is 0.883. The summed E-state index contributed by atoms with van der Waals surface area (Å²) in [6, 6.07) is 4.04. The largest absolute Gasteiger partial charge is 0.360 e. The minimum atomic E-state index is 0.690. The molecule has 0 aromatic carbocycles. The van der Waals surface area contributed by atoms with Crippen molar-refractivity contribution in [2.75, 3.05) is 0 Å². The summed E-state index contributed by atoms with van der Waals surface area (Å²) in [6.07, 6.45) is 4.06. The first-order chi connectivity index (χ1) is 8.81. The lowest BCUT2D eigenvalue weighted by Gasteiger charge is -1.98. The molecule has 5 nitrogen and oxygen atoms in total. The van der Waals surface area contributed by atoms with Gasteiger partial charge in [-0.05, 0) is 19.4 Å². The van der Waals surface area contributed by atoms with Crippen LogP contribution in [-0.2, 0) is 26.1 Å². The molecule has 2 aromatic heterocycles. The average molecular weight is 248 g/mol. The number of rotatable bonds is 7. The van der Waals surface area contributed by atoms with Crippen molar-refractivity contribution in [1.29, 1.82) is 0 Å². The molecule has 0 spiro atoms. The first-order valence-corrected chi connectivity index (χ1v) is 6.49. The normalized spacial score (nSPS) is 11.0. The average Bonchev–Trinajstić information content (AvgIpc) is 2.99. The Bertz CT molecular complexity index is 475. The van der Waals surface area contributed by atoms with Crippen LogP contribution < -0.4 is 5.32 Å². The maximum absolute atomic E-state index is 5.24. The van der Waals surface area contributed by atoms with E-state index in [-0.39, 0.29) is 0 Å². The van der Waals surface area contributed by atoms with E-state index < -0.39 is 0 Å². The highest BCUT2D eigenvalue weighted by Crippen LogP contribution is 2.06. The van der Waals surface area contributed by atoms with Crippen LogP contribution in [0.4, 0.5) is 0 Å². The van der Waals surface area contributed by atoms with Gasteiger partial charge in [0, 0.05) is 25.4 Å². The molecule has 0 aliphatic rings. The second kappa shape index (κ2) is 6.35. The van der Waals surface area contributed by atoms with Gasteiger partial charge >= 0.3 is 0 Å². The maximum Gasteiger partial charge on any atom is 0.150 e. The van der Waals surface area contributed by atoms with Crippen molar-refractivity contribution < 1.29 is 4.52 Å². The molecule has 0 aliphatic carbocycles. The van der Waals surface area contributed by atoms with Crippen LogP contribution in [0.15, 0.2) is 22.9 Å². The molecule has 2 aromatic rings. The number of hydrogen-bond acceptors (Lipinski definition) is 4. The van der Waals surface area contributed by atoms with Crippen molar-refractivity contribution in [3.05, 3.63) is 35.5 Å². The predicted molar refractivity (Wildman–Crippen MR) is 68.9 cm³/mol. The van der Waals surface area contributed by atoms with Crippen LogP contribution in [0.2, 0.25) is 0 Å². The van der Waals surface area contributed by atoms with Crippen molar-refractivity contribution in [1.82, 2.24) is 20.3 Å². The summed E-state index contributed by atoms with van der Waals surface area (Å²) in [6.45, 7) is 6.56. The van der Waals surface area contributed by atoms with Gasteiger partial charge in [0.1, 0.15) is 0 Å². The van der Waals surface area contributed by atoms with Crippen LogP contribution in [-0.4, -0.2) is 14.9 Å². The predicted octanol–water partition coefficient (Wildman–Crippen LogP) is 2.13. The van der Waals surface area contributed by atoms with E-state index in [2.05, 4.69) is 29.4 Å². The van der Waals surface area contributed by atoms with Gasteiger partial charge in [0.2, 0.25) is 0 Å². The second-order valence-corrected chi connectivity index (χ2v) is 4.30. The van der Waals surface area contributed by atoms with Crippen LogP contribution >= 0.6 is 0 Å². The maximum atomic E-state index is 5.24. The Kier molecular flexibility index (Phi) is 4.52. The smallest absolute Gasteiger partial charge is 0.150 e. The van der Waals surface area contributed by atoms with Crippen molar-refractivity contribution in [3.63, 3.8) is 0 Å². The third-order valence-electron chi connectivity index (χ3n) is 2.74. The molecule has 98 valence electrons. The Balaban J connectivity index is 1.77. The zero-order valence-electron chi connectivity index (χ0n) is 11.0. The second-order valence-electron chi connectivity index (χ2n) is 4.30. The van der Waals surface area contributed by atoms with E-state index in [1.807, 2.05) is 23.0 Å². The van der Waals surface area contributed by atoms with Gasteiger partial charge in [-0.15, -0.1) is 0 Å². The first kappa shape index (κ1) is 12.8. The molecule has 0 saturated carbocycles. The van der Waals surface area contributed by atoms with E-state index >= 15 is 0 Å². The van der Waals surface area contributed by atoms with Crippen LogP contribution in [0.5, 0.6) is 0 Å². The minimum Gasteiger partial charge on any atom is -0.360 e. The lowest BCUT2D eigenvalue weighted by molar-refractivity contribution is 0.366. The van der Waals surface area contributed by atoms with E-state index in [9.17, 15) is 0 Å². The molecule has 0 atom stereocenters. The van der Waals surface area contributed by atoms with Crippen molar-refractivity contribution >= 4 is 0 Å². The van der Waals surface area contributed by atoms with Crippen LogP contribution in [0.3, 0.4) is 0 Å². The van der Waals surface area contributed by atoms with Gasteiger partial charge in [0.15, 0.2) is 5.76 Å². The Morgan fingerprint density at radius 1 is 1.28 bits per heavy atom. The molecular formula is C13H20N4O. The van der Waals surface area contributed by atoms with Crippen molar-refractivity contribution in [3.8, 4) is 0 Å². The van der Waals surface area contributed by atoms with E-state index in [0.29, 0.717) is 6.54 Å². The summed E-state index contributed by atoms with van der Waals surface area (Å²) in [5, 5.41) is 11.7. The van der Waals surface area contributed by atoms with Gasteiger partial charge in [-0.2, -0.15) is 5.10 Å². The highest BCUT2D eigenvalue weighted by molar-refractivity contribution is 5.05. The van der Waals surface area contributed by atoms with Crippen LogP contribution in [0.25, 0.3) is 0 Å². The number of hydrogen-bond donors (Lipinski definition) is 1. The Hall–Kier alpha value is -1.62. The van der Waals surface area contributed by atoms with Crippen molar-refractivity contribution in [2.24, 2.45) is 0 Å². The van der Waals surface area contributed by atoms with Gasteiger partial charge in [0.05, 0.1) is 17.9 Å². The fourth-order valence-corrected chi connectivity index (χ4v) is 1.80. The highest BCUT2D eigenvalue weighted by Gasteiger charge is 2.03. The topological polar surface area (TPSA) is 55.9 Å². The molecule has 0 bridgehead atoms. The molecule has 1 N–H and O–H groups in total. The molecule has 5 heteroatoms. The lowest BCUT2D eigenvalue weighted by Crippen LogP contribution is -2.13. The minimum absolute atomic E-state index is 0.690.